The van der Waals surface area contributed by atoms with E-state index in [1.165, 1.54) is 0 Å². The van der Waals surface area contributed by atoms with E-state index in [0.717, 1.165) is 0 Å². The van der Waals surface area contributed by atoms with Crippen LogP contribution in [0.3, 0.4) is 0 Å². The maximum absolute atomic E-state index is 9.30. The minimum Gasteiger partial charge on any atom is -0.394 e. The molecule has 1 aliphatic heterocycles. The van der Waals surface area contributed by atoms with Gasteiger partial charge in [0.25, 0.3) is 0 Å². The number of aromatic nitrogens is 1. The van der Waals surface area contributed by atoms with Gasteiger partial charge < -0.3 is 14.7 Å². The first-order valence-corrected chi connectivity index (χ1v) is 7.01. The summed E-state index contributed by atoms with van der Waals surface area (Å²) in [5.41, 5.74) is -0.400. The topological polar surface area (TPSA) is 45.6 Å². The molecule has 1 saturated heterocycles. The summed E-state index contributed by atoms with van der Waals surface area (Å²) in [6.45, 7) is 4.96. The lowest BCUT2D eigenvalue weighted by Gasteiger charge is -2.43. The molecule has 2 heterocycles. The van der Waals surface area contributed by atoms with Gasteiger partial charge in [0.15, 0.2) is 0 Å². The van der Waals surface area contributed by atoms with Gasteiger partial charge in [-0.2, -0.15) is 0 Å². The van der Waals surface area contributed by atoms with Crippen molar-refractivity contribution in [1.29, 1.82) is 0 Å². The van der Waals surface area contributed by atoms with E-state index in [9.17, 15) is 5.11 Å². The van der Waals surface area contributed by atoms with Gasteiger partial charge >= 0.3 is 0 Å². The third kappa shape index (κ3) is 3.44. The molecule has 1 unspecified atom stereocenters. The number of halogens is 3. The van der Waals surface area contributed by atoms with Crippen molar-refractivity contribution in [2.45, 2.75) is 25.6 Å². The average Bonchev–Trinajstić information content (AvgIpc) is 2.31. The first kappa shape index (κ1) is 15.1. The van der Waals surface area contributed by atoms with Crippen molar-refractivity contribution in [3.05, 3.63) is 21.3 Å². The number of hydrogen-bond donors (Lipinski definition) is 1. The van der Waals surface area contributed by atoms with Crippen molar-refractivity contribution in [3.63, 3.8) is 0 Å². The Hall–Kier alpha value is -0.260. The second-order valence-corrected chi connectivity index (χ2v) is 6.30. The van der Waals surface area contributed by atoms with Crippen LogP contribution in [-0.4, -0.2) is 41.5 Å². The molecule has 1 fully saturated rings. The van der Waals surface area contributed by atoms with E-state index in [2.05, 4.69) is 4.98 Å². The molecular formula is C12H15Cl3N2O2. The normalized spacial score (nSPS) is 22.6. The molecule has 1 aromatic heterocycles. The Kier molecular flexibility index (Phi) is 4.48. The molecule has 0 saturated carbocycles. The van der Waals surface area contributed by atoms with Gasteiger partial charge in [-0.3, -0.25) is 0 Å². The maximum Gasteiger partial charge on any atom is 0.150 e. The van der Waals surface area contributed by atoms with Crippen LogP contribution in [-0.2, 0) is 4.74 Å². The fourth-order valence-corrected chi connectivity index (χ4v) is 2.82. The number of anilines is 1. The highest BCUT2D eigenvalue weighted by molar-refractivity contribution is 6.42. The molecule has 19 heavy (non-hydrogen) atoms. The Labute approximate surface area is 127 Å². The number of rotatable bonds is 2. The molecule has 1 atom stereocenters. The predicted molar refractivity (Wildman–Crippen MR) is 77.5 cm³/mol. The van der Waals surface area contributed by atoms with E-state index < -0.39 is 5.60 Å². The summed E-state index contributed by atoms with van der Waals surface area (Å²) < 4.78 is 5.75. The number of pyridine rings is 1. The molecule has 0 bridgehead atoms. The van der Waals surface area contributed by atoms with Crippen LogP contribution in [0, 0.1) is 0 Å². The minimum absolute atomic E-state index is 0.0567. The van der Waals surface area contributed by atoms with Crippen LogP contribution >= 0.6 is 34.8 Å². The summed E-state index contributed by atoms with van der Waals surface area (Å²) in [5.74, 6) is 0.561. The third-order valence-corrected chi connectivity index (χ3v) is 3.80. The molecular weight excluding hydrogens is 311 g/mol. The minimum atomic E-state index is -0.400. The smallest absolute Gasteiger partial charge is 0.150 e. The Morgan fingerprint density at radius 3 is 2.74 bits per heavy atom. The van der Waals surface area contributed by atoms with Gasteiger partial charge in [-0.25, -0.2) is 4.98 Å². The summed E-state index contributed by atoms with van der Waals surface area (Å²) in [6.07, 6.45) is -0.281. The van der Waals surface area contributed by atoms with Crippen LogP contribution < -0.4 is 4.90 Å². The zero-order valence-corrected chi connectivity index (χ0v) is 12.9. The zero-order chi connectivity index (χ0) is 14.2. The Balaban J connectivity index is 2.33. The molecule has 2 rings (SSSR count). The SMILES string of the molecule is CC1(C)CN(c2nc(Cl)c(Cl)cc2Cl)CC(CO)O1. The van der Waals surface area contributed by atoms with Crippen molar-refractivity contribution < 1.29 is 9.84 Å². The Morgan fingerprint density at radius 1 is 1.42 bits per heavy atom. The maximum atomic E-state index is 9.30. The van der Waals surface area contributed by atoms with Crippen LogP contribution in [0.25, 0.3) is 0 Å². The van der Waals surface area contributed by atoms with Gasteiger partial charge in [0, 0.05) is 13.1 Å². The first-order chi connectivity index (χ1) is 8.82. The molecule has 0 aromatic carbocycles. The van der Waals surface area contributed by atoms with Gasteiger partial charge in [0.2, 0.25) is 0 Å². The van der Waals surface area contributed by atoms with Crippen LogP contribution in [0.1, 0.15) is 13.8 Å². The fraction of sp³-hybridized carbons (Fsp3) is 0.583. The quantitative estimate of drug-likeness (QED) is 0.849. The summed E-state index contributed by atoms with van der Waals surface area (Å²) in [5, 5.41) is 10.3. The fourth-order valence-electron chi connectivity index (χ4n) is 2.21. The van der Waals surface area contributed by atoms with Crippen LogP contribution in [0.5, 0.6) is 0 Å². The lowest BCUT2D eigenvalue weighted by atomic mass is 10.1. The molecule has 0 aliphatic carbocycles. The van der Waals surface area contributed by atoms with E-state index in [0.29, 0.717) is 29.0 Å². The number of aliphatic hydroxyl groups excluding tert-OH is 1. The average molecular weight is 326 g/mol. The zero-order valence-electron chi connectivity index (χ0n) is 10.7. The van der Waals surface area contributed by atoms with Crippen LogP contribution in [0.4, 0.5) is 5.82 Å². The Bertz CT molecular complexity index is 482. The van der Waals surface area contributed by atoms with E-state index in [-0.39, 0.29) is 17.9 Å². The van der Waals surface area contributed by atoms with Gasteiger partial charge in [-0.15, -0.1) is 0 Å². The molecule has 4 nitrogen and oxygen atoms in total. The van der Waals surface area contributed by atoms with E-state index in [4.69, 9.17) is 39.5 Å². The lowest BCUT2D eigenvalue weighted by molar-refractivity contribution is -0.101. The predicted octanol–water partition coefficient (Wildman–Crippen LogP) is 3.02. The van der Waals surface area contributed by atoms with Crippen molar-refractivity contribution in [1.82, 2.24) is 4.98 Å². The molecule has 106 valence electrons. The highest BCUT2D eigenvalue weighted by Crippen LogP contribution is 2.34. The monoisotopic (exact) mass is 324 g/mol. The number of aliphatic hydroxyl groups is 1. The molecule has 1 aromatic rings. The highest BCUT2D eigenvalue weighted by atomic mass is 35.5. The Morgan fingerprint density at radius 2 is 2.11 bits per heavy atom. The standard InChI is InChI=1S/C12H15Cl3N2O2/c1-12(2)6-17(4-7(5-18)19-12)11-9(14)3-8(13)10(15)16-11/h3,7,18H,4-6H2,1-2H3. The summed E-state index contributed by atoms with van der Waals surface area (Å²) in [7, 11) is 0. The lowest BCUT2D eigenvalue weighted by Crippen LogP contribution is -2.54. The number of ether oxygens (including phenoxy) is 1. The number of hydrogen-bond acceptors (Lipinski definition) is 4. The van der Waals surface area contributed by atoms with Gasteiger partial charge in [-0.05, 0) is 19.9 Å². The number of nitrogens with zero attached hydrogens (tertiary/aromatic N) is 2. The summed E-state index contributed by atoms with van der Waals surface area (Å²) in [6, 6.07) is 1.57. The largest absolute Gasteiger partial charge is 0.394 e. The first-order valence-electron chi connectivity index (χ1n) is 5.87. The summed E-state index contributed by atoms with van der Waals surface area (Å²) in [4.78, 5) is 6.17. The van der Waals surface area contributed by atoms with E-state index >= 15 is 0 Å². The van der Waals surface area contributed by atoms with Gasteiger partial charge in [0.05, 0.1) is 28.4 Å². The summed E-state index contributed by atoms with van der Waals surface area (Å²) >= 11 is 18.0. The van der Waals surface area contributed by atoms with Crippen molar-refractivity contribution in [3.8, 4) is 0 Å². The van der Waals surface area contributed by atoms with E-state index in [1.54, 1.807) is 6.07 Å². The highest BCUT2D eigenvalue weighted by Gasteiger charge is 2.34. The van der Waals surface area contributed by atoms with Crippen LogP contribution in [0.2, 0.25) is 15.2 Å². The van der Waals surface area contributed by atoms with Gasteiger partial charge in [-0.1, -0.05) is 34.8 Å². The molecule has 0 spiro atoms. The van der Waals surface area contributed by atoms with Crippen LogP contribution in [0.15, 0.2) is 6.07 Å². The molecule has 7 heteroatoms. The molecule has 1 N–H and O–H groups in total. The second-order valence-electron chi connectivity index (χ2n) is 5.13. The van der Waals surface area contributed by atoms with E-state index in [1.807, 2.05) is 18.7 Å². The third-order valence-electron chi connectivity index (χ3n) is 2.85. The molecule has 0 radical (unpaired) electrons. The van der Waals surface area contributed by atoms with Crippen molar-refractivity contribution in [2.75, 3.05) is 24.6 Å². The molecule has 0 amide bonds. The molecule has 1 aliphatic rings. The number of morpholine rings is 1. The second kappa shape index (κ2) is 5.62. The van der Waals surface area contributed by atoms with Crippen molar-refractivity contribution >= 4 is 40.6 Å². The van der Waals surface area contributed by atoms with Gasteiger partial charge in [0.1, 0.15) is 11.0 Å². The van der Waals surface area contributed by atoms with Crippen molar-refractivity contribution in [2.24, 2.45) is 0 Å².